The van der Waals surface area contributed by atoms with Crippen LogP contribution in [0.5, 0.6) is 0 Å². The molecule has 0 spiro atoms. The SMILES string of the molecule is CC(C)OC1=[C]([Ti])CC=C1.Cl.Cl. The fourth-order valence-corrected chi connectivity index (χ4v) is 1.26. The number of rotatable bonds is 2. The second-order valence-electron chi connectivity index (χ2n) is 2.62. The number of halogens is 2. The van der Waals surface area contributed by atoms with Crippen LogP contribution in [0.25, 0.3) is 0 Å². The average molecular weight is 244 g/mol. The van der Waals surface area contributed by atoms with Crippen LogP contribution in [0.3, 0.4) is 0 Å². The van der Waals surface area contributed by atoms with E-state index in [-0.39, 0.29) is 24.8 Å². The molecular formula is C8H13Cl2OTi. The first-order valence-corrected chi connectivity index (χ1v) is 4.26. The van der Waals surface area contributed by atoms with Crippen LogP contribution >= 0.6 is 24.8 Å². The summed E-state index contributed by atoms with van der Waals surface area (Å²) in [5.41, 5.74) is 0. The maximum atomic E-state index is 5.52. The monoisotopic (exact) mass is 243 g/mol. The van der Waals surface area contributed by atoms with Crippen LogP contribution in [0.1, 0.15) is 20.3 Å². The van der Waals surface area contributed by atoms with E-state index in [9.17, 15) is 0 Å². The van der Waals surface area contributed by atoms with Crippen LogP contribution in [0, 0.1) is 0 Å². The molecule has 0 saturated carbocycles. The first kappa shape index (κ1) is 15.1. The number of hydrogen-bond acceptors (Lipinski definition) is 1. The number of hydrogen-bond donors (Lipinski definition) is 0. The molecule has 1 nitrogen and oxygen atoms in total. The van der Waals surface area contributed by atoms with Crippen molar-refractivity contribution in [3.05, 3.63) is 21.8 Å². The van der Waals surface area contributed by atoms with Crippen LogP contribution in [-0.2, 0) is 25.2 Å². The standard InChI is InChI=1S/C8H11O.2ClH.Ti/c1-7(2)9-8-5-3-4-6-8;;;/h3,5,7H,4H2,1-2H3;2*1H;. The fourth-order valence-electron chi connectivity index (χ4n) is 0.849. The van der Waals surface area contributed by atoms with Crippen molar-refractivity contribution < 1.29 is 25.2 Å². The molecule has 0 N–H and O–H groups in total. The Labute approximate surface area is 97.9 Å². The van der Waals surface area contributed by atoms with Crippen molar-refractivity contribution in [3.63, 3.8) is 0 Å². The van der Waals surface area contributed by atoms with Crippen molar-refractivity contribution in [2.75, 3.05) is 0 Å². The fraction of sp³-hybridized carbons (Fsp3) is 0.500. The average Bonchev–Trinajstić information content (AvgIpc) is 2.15. The molecule has 69 valence electrons. The van der Waals surface area contributed by atoms with Crippen LogP contribution < -0.4 is 0 Å². The molecular weight excluding hydrogens is 231 g/mol. The summed E-state index contributed by atoms with van der Waals surface area (Å²) in [6, 6.07) is 0. The Bertz CT molecular complexity index is 187. The Morgan fingerprint density at radius 3 is 2.33 bits per heavy atom. The smallest absolute Gasteiger partial charge is 0.147 e. The minimum absolute atomic E-state index is 0. The van der Waals surface area contributed by atoms with Crippen molar-refractivity contribution in [1.29, 1.82) is 0 Å². The molecule has 12 heavy (non-hydrogen) atoms. The maximum absolute atomic E-state index is 5.52. The second kappa shape index (κ2) is 7.02. The Balaban J connectivity index is 0. The topological polar surface area (TPSA) is 9.23 Å². The van der Waals surface area contributed by atoms with Gasteiger partial charge in [-0.15, -0.1) is 24.8 Å². The zero-order valence-electron chi connectivity index (χ0n) is 7.16. The van der Waals surface area contributed by atoms with E-state index in [1.807, 2.05) is 13.8 Å². The minimum atomic E-state index is 0. The summed E-state index contributed by atoms with van der Waals surface area (Å²) in [5, 5.41) is 0. The molecule has 0 amide bonds. The first-order valence-electron chi connectivity index (χ1n) is 3.48. The molecule has 1 aliphatic rings. The normalized spacial score (nSPS) is 14.2. The molecule has 0 heterocycles. The Hall–Kier alpha value is 0.574. The first-order chi connectivity index (χ1) is 4.70. The molecule has 1 aliphatic carbocycles. The summed E-state index contributed by atoms with van der Waals surface area (Å²) < 4.78 is 6.86. The van der Waals surface area contributed by atoms with E-state index >= 15 is 0 Å². The second-order valence-corrected chi connectivity index (χ2v) is 3.56. The molecule has 0 aromatic rings. The number of ether oxygens (including phenoxy) is 1. The van der Waals surface area contributed by atoms with Crippen LogP contribution in [0.2, 0.25) is 0 Å². The predicted octanol–water partition coefficient (Wildman–Crippen LogP) is 2.97. The predicted molar refractivity (Wildman–Crippen MR) is 51.5 cm³/mol. The van der Waals surface area contributed by atoms with Crippen LogP contribution in [-0.4, -0.2) is 6.10 Å². The van der Waals surface area contributed by atoms with Gasteiger partial charge in [0.15, 0.2) is 0 Å². The van der Waals surface area contributed by atoms with Gasteiger partial charge in [0, 0.05) is 0 Å². The van der Waals surface area contributed by atoms with E-state index in [0.29, 0.717) is 6.10 Å². The minimum Gasteiger partial charge on any atom is -0.147 e. The zero-order chi connectivity index (χ0) is 7.56. The van der Waals surface area contributed by atoms with Gasteiger partial charge in [0.05, 0.1) is 0 Å². The molecule has 0 unspecified atom stereocenters. The molecule has 0 atom stereocenters. The van der Waals surface area contributed by atoms with Crippen molar-refractivity contribution >= 4 is 24.8 Å². The van der Waals surface area contributed by atoms with E-state index in [1.54, 1.807) is 0 Å². The van der Waals surface area contributed by atoms with Crippen molar-refractivity contribution in [2.45, 2.75) is 26.4 Å². The van der Waals surface area contributed by atoms with E-state index < -0.39 is 0 Å². The van der Waals surface area contributed by atoms with E-state index in [4.69, 9.17) is 4.74 Å². The third-order valence-electron chi connectivity index (χ3n) is 1.25. The maximum Gasteiger partial charge on any atom is -0.147 e. The van der Waals surface area contributed by atoms with Crippen molar-refractivity contribution in [3.8, 4) is 0 Å². The van der Waals surface area contributed by atoms with Crippen molar-refractivity contribution in [2.24, 2.45) is 0 Å². The summed E-state index contributed by atoms with van der Waals surface area (Å²) in [6.07, 6.45) is 5.54. The third kappa shape index (κ3) is 4.56. The zero-order valence-corrected chi connectivity index (χ0v) is 10.4. The van der Waals surface area contributed by atoms with Gasteiger partial charge in [-0.2, -0.15) is 0 Å². The summed E-state index contributed by atoms with van der Waals surface area (Å²) >= 11 is 2.11. The van der Waals surface area contributed by atoms with Crippen LogP contribution in [0.4, 0.5) is 0 Å². The summed E-state index contributed by atoms with van der Waals surface area (Å²) in [5.74, 6) is 1.06. The van der Waals surface area contributed by atoms with Gasteiger partial charge in [-0.1, -0.05) is 0 Å². The van der Waals surface area contributed by atoms with Crippen molar-refractivity contribution in [1.82, 2.24) is 0 Å². The Kier molecular flexibility index (Phi) is 8.82. The molecule has 4 heteroatoms. The molecule has 0 fully saturated rings. The summed E-state index contributed by atoms with van der Waals surface area (Å²) in [4.78, 5) is 0. The molecule has 0 radical (unpaired) electrons. The molecule has 0 saturated heterocycles. The van der Waals surface area contributed by atoms with Crippen LogP contribution in [0.15, 0.2) is 21.8 Å². The quantitative estimate of drug-likeness (QED) is 0.678. The summed E-state index contributed by atoms with van der Waals surface area (Å²) in [6.45, 7) is 4.10. The van der Waals surface area contributed by atoms with Gasteiger partial charge >= 0.3 is 73.3 Å². The van der Waals surface area contributed by atoms with Gasteiger partial charge in [-0.3, -0.25) is 0 Å². The van der Waals surface area contributed by atoms with Gasteiger partial charge in [0.25, 0.3) is 0 Å². The number of allylic oxidation sites excluding steroid dienone is 3. The molecule has 0 aliphatic heterocycles. The largest absolute Gasteiger partial charge is 0.147 e. The molecule has 0 aromatic carbocycles. The van der Waals surface area contributed by atoms with Gasteiger partial charge in [-0.05, 0) is 0 Å². The molecule has 0 bridgehead atoms. The van der Waals surface area contributed by atoms with Gasteiger partial charge < -0.3 is 0 Å². The van der Waals surface area contributed by atoms with E-state index in [2.05, 4.69) is 32.6 Å². The Morgan fingerprint density at radius 1 is 1.42 bits per heavy atom. The third-order valence-corrected chi connectivity index (χ3v) is 1.95. The van der Waals surface area contributed by atoms with E-state index in [1.165, 1.54) is 3.88 Å². The molecule has 1 rings (SSSR count). The van der Waals surface area contributed by atoms with Gasteiger partial charge in [0.2, 0.25) is 0 Å². The van der Waals surface area contributed by atoms with E-state index in [0.717, 1.165) is 12.2 Å². The van der Waals surface area contributed by atoms with Gasteiger partial charge in [0.1, 0.15) is 0 Å². The van der Waals surface area contributed by atoms with Gasteiger partial charge in [-0.25, -0.2) is 0 Å². The summed E-state index contributed by atoms with van der Waals surface area (Å²) in [7, 11) is 0. The Morgan fingerprint density at radius 2 is 2.00 bits per heavy atom. The molecule has 0 aromatic heterocycles.